The molecule has 1 aromatic rings. The van der Waals surface area contributed by atoms with E-state index in [0.29, 0.717) is 18.5 Å². The van der Waals surface area contributed by atoms with Crippen LogP contribution in [0.1, 0.15) is 57.6 Å². The number of hydrogen-bond donors (Lipinski definition) is 2. The fraction of sp³-hybridized carbons (Fsp3) is 0.650. The zero-order valence-electron chi connectivity index (χ0n) is 16.2. The quantitative estimate of drug-likeness (QED) is 0.725. The van der Waals surface area contributed by atoms with Crippen LogP contribution in [0.3, 0.4) is 0 Å². The van der Waals surface area contributed by atoms with Gasteiger partial charge in [-0.1, -0.05) is 44.5 Å². The molecule has 1 aliphatic heterocycles. The summed E-state index contributed by atoms with van der Waals surface area (Å²) in [6.07, 6.45) is 4.69. The summed E-state index contributed by atoms with van der Waals surface area (Å²) in [5.41, 5.74) is 8.37. The van der Waals surface area contributed by atoms with Gasteiger partial charge in [0.15, 0.2) is 0 Å². The highest BCUT2D eigenvalue weighted by Crippen LogP contribution is 2.19. The third-order valence-corrected chi connectivity index (χ3v) is 4.88. The smallest absolute Gasteiger partial charge is 0.237 e. The van der Waals surface area contributed by atoms with Crippen LogP contribution in [0, 0.1) is 5.92 Å². The van der Waals surface area contributed by atoms with E-state index in [4.69, 9.17) is 5.73 Å². The van der Waals surface area contributed by atoms with Crippen molar-refractivity contribution < 1.29 is 4.79 Å². The summed E-state index contributed by atoms with van der Waals surface area (Å²) in [6.45, 7) is 9.25. The van der Waals surface area contributed by atoms with Crippen molar-refractivity contribution in [1.29, 1.82) is 0 Å². The maximum absolute atomic E-state index is 12.0. The number of rotatable bonds is 7. The standard InChI is InChI=1S/C20H33N3O.2ClH/c1-15(2)12-19(21)20(24)22-13-17-7-9-18(10-8-17)14-23-11-5-4-6-16(23)3;;/h7-10,15-16,19H,4-6,11-14,21H2,1-3H3,(H,22,24);2*1H/t16?,19-;;/m0../s1. The topological polar surface area (TPSA) is 58.4 Å². The molecule has 6 heteroatoms. The summed E-state index contributed by atoms with van der Waals surface area (Å²) in [4.78, 5) is 14.5. The number of piperidine rings is 1. The molecule has 1 fully saturated rings. The molecule has 1 aliphatic rings. The Balaban J connectivity index is 0.00000312. The Labute approximate surface area is 171 Å². The first-order chi connectivity index (χ1) is 11.5. The monoisotopic (exact) mass is 403 g/mol. The minimum Gasteiger partial charge on any atom is -0.351 e. The van der Waals surface area contributed by atoms with Crippen LogP contribution in [0.4, 0.5) is 0 Å². The predicted molar refractivity (Wildman–Crippen MR) is 114 cm³/mol. The van der Waals surface area contributed by atoms with E-state index < -0.39 is 6.04 Å². The SMILES string of the molecule is CC(C)C[C@H](N)C(=O)NCc1ccc(CN2CCCCC2C)cc1.Cl.Cl. The van der Waals surface area contributed by atoms with E-state index in [2.05, 4.69) is 55.3 Å². The lowest BCUT2D eigenvalue weighted by Crippen LogP contribution is -2.41. The molecule has 0 spiro atoms. The van der Waals surface area contributed by atoms with E-state index in [-0.39, 0.29) is 30.7 Å². The Bertz CT molecular complexity index is 522. The molecule has 0 aliphatic carbocycles. The summed E-state index contributed by atoms with van der Waals surface area (Å²) in [7, 11) is 0. The van der Waals surface area contributed by atoms with Crippen LogP contribution in [0.25, 0.3) is 0 Å². The second-order valence-corrected chi connectivity index (χ2v) is 7.59. The first kappa shape index (κ1) is 25.2. The van der Waals surface area contributed by atoms with Crippen molar-refractivity contribution in [1.82, 2.24) is 10.2 Å². The molecule has 0 radical (unpaired) electrons. The van der Waals surface area contributed by atoms with E-state index >= 15 is 0 Å². The molecule has 0 bridgehead atoms. The van der Waals surface area contributed by atoms with Crippen molar-refractivity contribution in [3.05, 3.63) is 35.4 Å². The van der Waals surface area contributed by atoms with Gasteiger partial charge in [0, 0.05) is 19.1 Å². The molecule has 1 unspecified atom stereocenters. The number of likely N-dealkylation sites (tertiary alicyclic amines) is 1. The van der Waals surface area contributed by atoms with Gasteiger partial charge in [0.2, 0.25) is 5.91 Å². The summed E-state index contributed by atoms with van der Waals surface area (Å²) < 4.78 is 0. The molecule has 1 saturated heterocycles. The minimum absolute atomic E-state index is 0. The number of amides is 1. The van der Waals surface area contributed by atoms with Crippen LogP contribution in [-0.4, -0.2) is 29.4 Å². The summed E-state index contributed by atoms with van der Waals surface area (Å²) in [6, 6.07) is 8.84. The Morgan fingerprint density at radius 2 is 1.81 bits per heavy atom. The van der Waals surface area contributed by atoms with Crippen molar-refractivity contribution in [2.24, 2.45) is 11.7 Å². The zero-order valence-corrected chi connectivity index (χ0v) is 17.9. The molecule has 1 heterocycles. The van der Waals surface area contributed by atoms with Crippen molar-refractivity contribution >= 4 is 30.7 Å². The van der Waals surface area contributed by atoms with Gasteiger partial charge in [-0.2, -0.15) is 0 Å². The molecule has 3 N–H and O–H groups in total. The number of halogens is 2. The highest BCUT2D eigenvalue weighted by atomic mass is 35.5. The van der Waals surface area contributed by atoms with Crippen molar-refractivity contribution in [3.63, 3.8) is 0 Å². The van der Waals surface area contributed by atoms with Crippen LogP contribution in [0.2, 0.25) is 0 Å². The number of carbonyl (C=O) groups is 1. The highest BCUT2D eigenvalue weighted by Gasteiger charge is 2.18. The third kappa shape index (κ3) is 8.26. The van der Waals surface area contributed by atoms with Gasteiger partial charge in [0.1, 0.15) is 0 Å². The van der Waals surface area contributed by atoms with Gasteiger partial charge in [-0.25, -0.2) is 0 Å². The first-order valence-electron chi connectivity index (χ1n) is 9.31. The lowest BCUT2D eigenvalue weighted by Gasteiger charge is -2.33. The van der Waals surface area contributed by atoms with E-state index in [1.54, 1.807) is 0 Å². The second kappa shape index (κ2) is 12.6. The molecule has 0 saturated carbocycles. The Hall–Kier alpha value is -0.810. The average molecular weight is 404 g/mol. The Morgan fingerprint density at radius 3 is 2.38 bits per heavy atom. The van der Waals surface area contributed by atoms with Gasteiger partial charge < -0.3 is 11.1 Å². The molecule has 0 aromatic heterocycles. The van der Waals surface area contributed by atoms with Gasteiger partial charge in [0.05, 0.1) is 6.04 Å². The molecule has 150 valence electrons. The van der Waals surface area contributed by atoms with Crippen molar-refractivity contribution in [2.75, 3.05) is 6.54 Å². The average Bonchev–Trinajstić information content (AvgIpc) is 2.55. The molecule has 2 rings (SSSR count). The minimum atomic E-state index is -0.412. The van der Waals surface area contributed by atoms with Crippen molar-refractivity contribution in [2.45, 2.75) is 71.6 Å². The van der Waals surface area contributed by atoms with Crippen molar-refractivity contribution in [3.8, 4) is 0 Å². The molecule has 26 heavy (non-hydrogen) atoms. The van der Waals surface area contributed by atoms with E-state index in [0.717, 1.165) is 18.5 Å². The molecule has 2 atom stereocenters. The molecular formula is C20H35Cl2N3O. The molecule has 1 aromatic carbocycles. The zero-order chi connectivity index (χ0) is 17.5. The van der Waals surface area contributed by atoms with E-state index in [1.807, 2.05) is 0 Å². The fourth-order valence-corrected chi connectivity index (χ4v) is 3.32. The number of nitrogens with zero attached hydrogens (tertiary/aromatic N) is 1. The highest BCUT2D eigenvalue weighted by molar-refractivity contribution is 5.85. The number of nitrogens with one attached hydrogen (secondary N) is 1. The van der Waals surface area contributed by atoms with Gasteiger partial charge in [0.25, 0.3) is 0 Å². The molecular weight excluding hydrogens is 369 g/mol. The first-order valence-corrected chi connectivity index (χ1v) is 9.31. The lowest BCUT2D eigenvalue weighted by atomic mass is 10.0. The maximum Gasteiger partial charge on any atom is 0.237 e. The van der Waals surface area contributed by atoms with Crippen LogP contribution in [0.15, 0.2) is 24.3 Å². The Kier molecular flexibility index (Phi) is 12.2. The normalized spacial score (nSPS) is 18.6. The summed E-state index contributed by atoms with van der Waals surface area (Å²) in [5.74, 6) is 0.372. The largest absolute Gasteiger partial charge is 0.351 e. The van der Waals surface area contributed by atoms with E-state index in [1.165, 1.54) is 31.4 Å². The number of nitrogens with two attached hydrogens (primary N) is 1. The second-order valence-electron chi connectivity index (χ2n) is 7.59. The number of hydrogen-bond acceptors (Lipinski definition) is 3. The van der Waals surface area contributed by atoms with Crippen LogP contribution in [-0.2, 0) is 17.9 Å². The van der Waals surface area contributed by atoms with Crippen LogP contribution >= 0.6 is 24.8 Å². The summed E-state index contributed by atoms with van der Waals surface area (Å²) >= 11 is 0. The van der Waals surface area contributed by atoms with Crippen LogP contribution < -0.4 is 11.1 Å². The number of carbonyl (C=O) groups excluding carboxylic acids is 1. The van der Waals surface area contributed by atoms with Gasteiger partial charge in [-0.05, 0) is 49.8 Å². The van der Waals surface area contributed by atoms with Crippen LogP contribution in [0.5, 0.6) is 0 Å². The third-order valence-electron chi connectivity index (χ3n) is 4.88. The summed E-state index contributed by atoms with van der Waals surface area (Å²) in [5, 5.41) is 2.94. The maximum atomic E-state index is 12.0. The Morgan fingerprint density at radius 1 is 1.19 bits per heavy atom. The van der Waals surface area contributed by atoms with Gasteiger partial charge in [-0.15, -0.1) is 24.8 Å². The predicted octanol–water partition coefficient (Wildman–Crippen LogP) is 3.89. The van der Waals surface area contributed by atoms with Gasteiger partial charge in [-0.3, -0.25) is 9.69 Å². The fourth-order valence-electron chi connectivity index (χ4n) is 3.32. The lowest BCUT2D eigenvalue weighted by molar-refractivity contribution is -0.122. The number of benzene rings is 1. The molecule has 1 amide bonds. The van der Waals surface area contributed by atoms with E-state index in [9.17, 15) is 4.79 Å². The van der Waals surface area contributed by atoms with Gasteiger partial charge >= 0.3 is 0 Å². The molecule has 4 nitrogen and oxygen atoms in total.